The lowest BCUT2D eigenvalue weighted by Crippen LogP contribution is -2.26. The molecule has 1 heterocycles. The Morgan fingerprint density at radius 3 is 2.82 bits per heavy atom. The van der Waals surface area contributed by atoms with Gasteiger partial charge in [-0.1, -0.05) is 12.7 Å². The van der Waals surface area contributed by atoms with Crippen LogP contribution >= 0.6 is 0 Å². The minimum Gasteiger partial charge on any atom is -0.475 e. The number of nitrogens with zero attached hydrogens (tertiary/aromatic N) is 1. The smallest absolute Gasteiger partial charge is 0.410 e. The summed E-state index contributed by atoms with van der Waals surface area (Å²) in [5.41, 5.74) is 0. The van der Waals surface area contributed by atoms with Crippen LogP contribution in [-0.4, -0.2) is 35.7 Å². The fraction of sp³-hybridized carbons (Fsp3) is 0.273. The molecule has 17 heavy (non-hydrogen) atoms. The molecule has 92 valence electrons. The van der Waals surface area contributed by atoms with Crippen LogP contribution < -0.4 is 0 Å². The first-order valence-electron chi connectivity index (χ1n) is 4.85. The zero-order valence-corrected chi connectivity index (χ0v) is 9.38. The Hall–Kier alpha value is -2.24. The molecule has 0 saturated carbocycles. The lowest BCUT2D eigenvalue weighted by atomic mass is 10.4. The number of hydrogen-bond acceptors (Lipinski definition) is 4. The highest BCUT2D eigenvalue weighted by Crippen LogP contribution is 2.10. The molecule has 6 nitrogen and oxygen atoms in total. The highest BCUT2D eigenvalue weighted by molar-refractivity contribution is 5.84. The van der Waals surface area contributed by atoms with E-state index in [1.54, 1.807) is 0 Å². The van der Waals surface area contributed by atoms with Gasteiger partial charge in [-0.05, 0) is 12.1 Å². The number of carboxylic acids is 1. The molecule has 0 aliphatic heterocycles. The summed E-state index contributed by atoms with van der Waals surface area (Å²) in [4.78, 5) is 23.2. The van der Waals surface area contributed by atoms with Crippen LogP contribution in [0.5, 0.6) is 0 Å². The highest BCUT2D eigenvalue weighted by Gasteiger charge is 2.14. The second-order valence-corrected chi connectivity index (χ2v) is 3.29. The van der Waals surface area contributed by atoms with Crippen molar-refractivity contribution >= 4 is 12.1 Å². The number of ether oxygens (including phenoxy) is 1. The molecule has 0 unspecified atom stereocenters. The van der Waals surface area contributed by atoms with E-state index in [2.05, 4.69) is 6.58 Å². The molecule has 6 heteroatoms. The zero-order chi connectivity index (χ0) is 12.8. The quantitative estimate of drug-likeness (QED) is 0.791. The molecule has 1 N–H and O–H groups in total. The van der Waals surface area contributed by atoms with Gasteiger partial charge in [-0.25, -0.2) is 9.59 Å². The van der Waals surface area contributed by atoms with Crippen molar-refractivity contribution in [2.45, 2.75) is 6.54 Å². The number of hydrogen-bond donors (Lipinski definition) is 1. The molecule has 0 aliphatic carbocycles. The van der Waals surface area contributed by atoms with Crippen molar-refractivity contribution in [1.82, 2.24) is 4.90 Å². The molecule has 1 aromatic rings. The van der Waals surface area contributed by atoms with Gasteiger partial charge in [-0.2, -0.15) is 0 Å². The fourth-order valence-electron chi connectivity index (χ4n) is 1.12. The van der Waals surface area contributed by atoms with Crippen LogP contribution in [0.25, 0.3) is 0 Å². The third-order valence-electron chi connectivity index (χ3n) is 1.90. The fourth-order valence-corrected chi connectivity index (χ4v) is 1.12. The Morgan fingerprint density at radius 1 is 1.59 bits per heavy atom. The van der Waals surface area contributed by atoms with Crippen LogP contribution in [0, 0.1) is 0 Å². The van der Waals surface area contributed by atoms with Gasteiger partial charge in [0.05, 0.1) is 6.54 Å². The summed E-state index contributed by atoms with van der Waals surface area (Å²) in [6, 6.07) is 2.83. The van der Waals surface area contributed by atoms with Crippen molar-refractivity contribution in [3.05, 3.63) is 36.3 Å². The Kier molecular flexibility index (Phi) is 4.33. The van der Waals surface area contributed by atoms with Gasteiger partial charge < -0.3 is 19.2 Å². The van der Waals surface area contributed by atoms with E-state index in [9.17, 15) is 9.59 Å². The maximum absolute atomic E-state index is 11.3. The molecule has 0 saturated heterocycles. The van der Waals surface area contributed by atoms with Gasteiger partial charge in [-0.3, -0.25) is 0 Å². The van der Waals surface area contributed by atoms with Crippen molar-refractivity contribution in [2.75, 3.05) is 13.7 Å². The van der Waals surface area contributed by atoms with E-state index in [0.29, 0.717) is 5.76 Å². The Morgan fingerprint density at radius 2 is 2.29 bits per heavy atom. The molecule has 1 amide bonds. The average Bonchev–Trinajstić information content (AvgIpc) is 2.74. The molecule has 0 fully saturated rings. The van der Waals surface area contributed by atoms with E-state index in [4.69, 9.17) is 14.3 Å². The maximum atomic E-state index is 11.3. The van der Waals surface area contributed by atoms with E-state index < -0.39 is 12.1 Å². The molecule has 0 radical (unpaired) electrons. The van der Waals surface area contributed by atoms with Crippen molar-refractivity contribution < 1.29 is 23.8 Å². The lowest BCUT2D eigenvalue weighted by molar-refractivity contribution is 0.0659. The molecule has 0 bridgehead atoms. The van der Waals surface area contributed by atoms with Gasteiger partial charge in [0.15, 0.2) is 0 Å². The Bertz CT molecular complexity index is 423. The number of carboxylic acid groups (broad SMARTS) is 1. The van der Waals surface area contributed by atoms with Crippen molar-refractivity contribution in [2.24, 2.45) is 0 Å². The topological polar surface area (TPSA) is 80.0 Å². The summed E-state index contributed by atoms with van der Waals surface area (Å²) < 4.78 is 9.79. The van der Waals surface area contributed by atoms with Gasteiger partial charge in [0.25, 0.3) is 0 Å². The summed E-state index contributed by atoms with van der Waals surface area (Å²) >= 11 is 0. The van der Waals surface area contributed by atoms with Crippen LogP contribution in [0.4, 0.5) is 4.79 Å². The number of aromatic carboxylic acids is 1. The molecule has 0 atom stereocenters. The van der Waals surface area contributed by atoms with E-state index >= 15 is 0 Å². The third-order valence-corrected chi connectivity index (χ3v) is 1.90. The number of furan rings is 1. The Balaban J connectivity index is 2.54. The van der Waals surface area contributed by atoms with Gasteiger partial charge in [0, 0.05) is 7.05 Å². The summed E-state index contributed by atoms with van der Waals surface area (Å²) in [7, 11) is 1.52. The lowest BCUT2D eigenvalue weighted by Gasteiger charge is -2.14. The van der Waals surface area contributed by atoms with E-state index in [1.165, 1.54) is 30.2 Å². The molecule has 0 spiro atoms. The van der Waals surface area contributed by atoms with E-state index in [0.717, 1.165) is 0 Å². The first-order valence-corrected chi connectivity index (χ1v) is 4.85. The van der Waals surface area contributed by atoms with Crippen LogP contribution in [0.1, 0.15) is 16.3 Å². The summed E-state index contributed by atoms with van der Waals surface area (Å²) in [6.07, 6.45) is 0.930. The first kappa shape index (κ1) is 12.8. The molecular weight excluding hydrogens is 226 g/mol. The molecule has 1 rings (SSSR count). The average molecular weight is 239 g/mol. The largest absolute Gasteiger partial charge is 0.475 e. The van der Waals surface area contributed by atoms with Gasteiger partial charge in [0.2, 0.25) is 5.76 Å². The number of amides is 1. The molecular formula is C11H13NO5. The first-order chi connectivity index (χ1) is 8.04. The van der Waals surface area contributed by atoms with Crippen LogP contribution in [0.15, 0.2) is 29.2 Å². The zero-order valence-electron chi connectivity index (χ0n) is 9.38. The summed E-state index contributed by atoms with van der Waals surface area (Å²) in [6.45, 7) is 3.69. The van der Waals surface area contributed by atoms with Crippen molar-refractivity contribution in [1.29, 1.82) is 0 Å². The van der Waals surface area contributed by atoms with Gasteiger partial charge >= 0.3 is 12.1 Å². The predicted octanol–water partition coefficient (Wildman–Crippen LogP) is 1.73. The number of carbonyl (C=O) groups is 2. The second kappa shape index (κ2) is 5.74. The molecule has 0 aromatic carbocycles. The van der Waals surface area contributed by atoms with Crippen LogP contribution in [-0.2, 0) is 11.3 Å². The van der Waals surface area contributed by atoms with Crippen LogP contribution in [0.2, 0.25) is 0 Å². The number of rotatable bonds is 5. The van der Waals surface area contributed by atoms with Crippen molar-refractivity contribution in [3.8, 4) is 0 Å². The maximum Gasteiger partial charge on any atom is 0.410 e. The minimum atomic E-state index is -1.15. The molecule has 0 aliphatic rings. The standard InChI is InChI=1S/C11H13NO5/c1-3-6-16-11(15)12(2)7-8-4-5-9(17-8)10(13)14/h3-5H,1,6-7H2,2H3,(H,13,14). The monoisotopic (exact) mass is 239 g/mol. The number of carbonyl (C=O) groups excluding carboxylic acids is 1. The molecule has 1 aromatic heterocycles. The van der Waals surface area contributed by atoms with E-state index in [1.807, 2.05) is 0 Å². The normalized spacial score (nSPS) is 9.71. The minimum absolute atomic E-state index is 0.127. The summed E-state index contributed by atoms with van der Waals surface area (Å²) in [5.74, 6) is -0.929. The van der Waals surface area contributed by atoms with Gasteiger partial charge in [-0.15, -0.1) is 0 Å². The van der Waals surface area contributed by atoms with E-state index in [-0.39, 0.29) is 18.9 Å². The van der Waals surface area contributed by atoms with Crippen molar-refractivity contribution in [3.63, 3.8) is 0 Å². The predicted molar refractivity (Wildman–Crippen MR) is 58.7 cm³/mol. The SMILES string of the molecule is C=CCOC(=O)N(C)Cc1ccc(C(=O)O)o1. The third kappa shape index (κ3) is 3.67. The van der Waals surface area contributed by atoms with Gasteiger partial charge in [0.1, 0.15) is 12.4 Å². The summed E-state index contributed by atoms with van der Waals surface area (Å²) in [5, 5.41) is 8.65. The highest BCUT2D eigenvalue weighted by atomic mass is 16.6. The van der Waals surface area contributed by atoms with Crippen LogP contribution in [0.3, 0.4) is 0 Å². The second-order valence-electron chi connectivity index (χ2n) is 3.29. The Labute approximate surface area is 98.1 Å².